The van der Waals surface area contributed by atoms with Crippen molar-refractivity contribution in [3.63, 3.8) is 0 Å². The molecule has 4 nitrogen and oxygen atoms in total. The van der Waals surface area contributed by atoms with Crippen LogP contribution in [0.2, 0.25) is 0 Å². The van der Waals surface area contributed by atoms with Crippen LogP contribution in [-0.4, -0.2) is 27.9 Å². The van der Waals surface area contributed by atoms with Crippen molar-refractivity contribution in [3.8, 4) is 0 Å². The average Bonchev–Trinajstić information content (AvgIpc) is 2.39. The van der Waals surface area contributed by atoms with Gasteiger partial charge < -0.3 is 4.74 Å². The third kappa shape index (κ3) is 3.40. The van der Waals surface area contributed by atoms with Gasteiger partial charge in [0.25, 0.3) is 10.1 Å². The number of hydrogen-bond acceptors (Lipinski definition) is 4. The molecule has 0 N–H and O–H groups in total. The summed E-state index contributed by atoms with van der Waals surface area (Å²) in [6.07, 6.45) is 3.80. The fourth-order valence-electron chi connectivity index (χ4n) is 3.07. The molecule has 5 heteroatoms. The van der Waals surface area contributed by atoms with E-state index in [0.29, 0.717) is 12.8 Å². The number of rotatable bonds is 4. The van der Waals surface area contributed by atoms with E-state index in [-0.39, 0.29) is 11.7 Å². The summed E-state index contributed by atoms with van der Waals surface area (Å²) in [6, 6.07) is 8.20. The second-order valence-corrected chi connectivity index (χ2v) is 7.11. The molecular weight excluding hydrogens is 276 g/mol. The van der Waals surface area contributed by atoms with Crippen molar-refractivity contribution in [2.45, 2.75) is 44.3 Å². The standard InChI is InChI=1S/C15H22O4S/c1-12-6-4-5-7-14(12)15(18-2)10-8-13(9-11-15)19-20(3,16)17/h4-7,13H,8-11H2,1-3H3. The van der Waals surface area contributed by atoms with Crippen LogP contribution in [0.1, 0.15) is 36.8 Å². The molecule has 1 aromatic carbocycles. The molecule has 0 amide bonds. The first-order chi connectivity index (χ1) is 9.36. The van der Waals surface area contributed by atoms with Crippen LogP contribution < -0.4 is 0 Å². The topological polar surface area (TPSA) is 52.6 Å². The Balaban J connectivity index is 2.15. The van der Waals surface area contributed by atoms with Gasteiger partial charge in [-0.25, -0.2) is 0 Å². The molecular formula is C15H22O4S. The largest absolute Gasteiger partial charge is 0.374 e. The van der Waals surface area contributed by atoms with Crippen molar-refractivity contribution >= 4 is 10.1 Å². The van der Waals surface area contributed by atoms with E-state index in [4.69, 9.17) is 8.92 Å². The maximum Gasteiger partial charge on any atom is 0.264 e. The van der Waals surface area contributed by atoms with E-state index >= 15 is 0 Å². The SMILES string of the molecule is COC1(c2ccccc2C)CCC(OS(C)(=O)=O)CC1. The molecule has 1 aliphatic rings. The highest BCUT2D eigenvalue weighted by molar-refractivity contribution is 7.86. The highest BCUT2D eigenvalue weighted by Gasteiger charge is 2.38. The molecule has 0 spiro atoms. The Morgan fingerprint density at radius 2 is 1.80 bits per heavy atom. The van der Waals surface area contributed by atoms with Gasteiger partial charge in [0, 0.05) is 7.11 Å². The number of ether oxygens (including phenoxy) is 1. The lowest BCUT2D eigenvalue weighted by atomic mass is 9.77. The Hall–Kier alpha value is -0.910. The Kier molecular flexibility index (Phi) is 4.52. The average molecular weight is 298 g/mol. The third-order valence-corrected chi connectivity index (χ3v) is 4.70. The number of benzene rings is 1. The van der Waals surface area contributed by atoms with Crippen molar-refractivity contribution in [1.29, 1.82) is 0 Å². The van der Waals surface area contributed by atoms with Crippen molar-refractivity contribution in [3.05, 3.63) is 35.4 Å². The molecule has 1 saturated carbocycles. The fourth-order valence-corrected chi connectivity index (χ4v) is 3.76. The molecule has 0 saturated heterocycles. The first-order valence-electron chi connectivity index (χ1n) is 6.86. The van der Waals surface area contributed by atoms with Crippen LogP contribution in [0, 0.1) is 6.92 Å². The summed E-state index contributed by atoms with van der Waals surface area (Å²) in [5.74, 6) is 0. The van der Waals surface area contributed by atoms with Crippen molar-refractivity contribution in [2.24, 2.45) is 0 Å². The van der Waals surface area contributed by atoms with Crippen LogP contribution >= 0.6 is 0 Å². The van der Waals surface area contributed by atoms with Gasteiger partial charge in [0.1, 0.15) is 0 Å². The molecule has 1 aliphatic carbocycles. The van der Waals surface area contributed by atoms with E-state index in [9.17, 15) is 8.42 Å². The van der Waals surface area contributed by atoms with Gasteiger partial charge in [-0.15, -0.1) is 0 Å². The van der Waals surface area contributed by atoms with E-state index in [1.165, 1.54) is 11.1 Å². The minimum Gasteiger partial charge on any atom is -0.374 e. The Morgan fingerprint density at radius 1 is 1.20 bits per heavy atom. The maximum atomic E-state index is 11.2. The summed E-state index contributed by atoms with van der Waals surface area (Å²) in [5, 5.41) is 0. The lowest BCUT2D eigenvalue weighted by molar-refractivity contribution is -0.0645. The number of methoxy groups -OCH3 is 1. The quantitative estimate of drug-likeness (QED) is 0.802. The molecule has 0 bridgehead atoms. The molecule has 0 aromatic heterocycles. The maximum absolute atomic E-state index is 11.2. The summed E-state index contributed by atoms with van der Waals surface area (Å²) >= 11 is 0. The summed E-state index contributed by atoms with van der Waals surface area (Å²) in [7, 11) is -1.65. The summed E-state index contributed by atoms with van der Waals surface area (Å²) in [5.41, 5.74) is 2.08. The minimum atomic E-state index is -3.38. The molecule has 1 aromatic rings. The monoisotopic (exact) mass is 298 g/mol. The highest BCUT2D eigenvalue weighted by atomic mass is 32.2. The van der Waals surface area contributed by atoms with Gasteiger partial charge in [-0.3, -0.25) is 4.18 Å². The second kappa shape index (κ2) is 5.84. The van der Waals surface area contributed by atoms with Gasteiger partial charge >= 0.3 is 0 Å². The van der Waals surface area contributed by atoms with E-state index in [2.05, 4.69) is 19.1 Å². The first kappa shape index (κ1) is 15.5. The lowest BCUT2D eigenvalue weighted by Crippen LogP contribution is -2.37. The zero-order chi connectivity index (χ0) is 14.8. The normalized spacial score (nSPS) is 27.4. The predicted octanol–water partition coefficient (Wildman–Crippen LogP) is 2.76. The van der Waals surface area contributed by atoms with E-state index in [0.717, 1.165) is 19.1 Å². The Labute approximate surface area is 121 Å². The van der Waals surface area contributed by atoms with Crippen LogP contribution in [-0.2, 0) is 24.6 Å². The van der Waals surface area contributed by atoms with Gasteiger partial charge in [-0.1, -0.05) is 24.3 Å². The third-order valence-electron chi connectivity index (χ3n) is 4.08. The second-order valence-electron chi connectivity index (χ2n) is 5.51. The van der Waals surface area contributed by atoms with Gasteiger partial charge in [0.2, 0.25) is 0 Å². The van der Waals surface area contributed by atoms with Gasteiger partial charge in [-0.05, 0) is 43.7 Å². The molecule has 2 rings (SSSR count). The van der Waals surface area contributed by atoms with E-state index in [1.54, 1.807) is 7.11 Å². The van der Waals surface area contributed by atoms with Gasteiger partial charge in [-0.2, -0.15) is 8.42 Å². The predicted molar refractivity (Wildman–Crippen MR) is 78.1 cm³/mol. The van der Waals surface area contributed by atoms with Gasteiger partial charge in [0.05, 0.1) is 18.0 Å². The molecule has 112 valence electrons. The molecule has 0 heterocycles. The lowest BCUT2D eigenvalue weighted by Gasteiger charge is -2.39. The first-order valence-corrected chi connectivity index (χ1v) is 8.67. The van der Waals surface area contributed by atoms with Crippen LogP contribution in [0.25, 0.3) is 0 Å². The molecule has 0 radical (unpaired) electrons. The van der Waals surface area contributed by atoms with E-state index < -0.39 is 10.1 Å². The van der Waals surface area contributed by atoms with Crippen LogP contribution in [0.5, 0.6) is 0 Å². The molecule has 20 heavy (non-hydrogen) atoms. The van der Waals surface area contributed by atoms with E-state index in [1.807, 2.05) is 12.1 Å². The van der Waals surface area contributed by atoms with Gasteiger partial charge in [0.15, 0.2) is 0 Å². The van der Waals surface area contributed by atoms with Crippen LogP contribution in [0.15, 0.2) is 24.3 Å². The minimum absolute atomic E-state index is 0.225. The Bertz CT molecular complexity index is 557. The van der Waals surface area contributed by atoms with Crippen molar-refractivity contribution in [2.75, 3.05) is 13.4 Å². The molecule has 1 fully saturated rings. The molecule has 0 aliphatic heterocycles. The molecule has 0 unspecified atom stereocenters. The zero-order valence-electron chi connectivity index (χ0n) is 12.3. The highest BCUT2D eigenvalue weighted by Crippen LogP contribution is 2.42. The van der Waals surface area contributed by atoms with Crippen molar-refractivity contribution in [1.82, 2.24) is 0 Å². The van der Waals surface area contributed by atoms with Crippen LogP contribution in [0.3, 0.4) is 0 Å². The summed E-state index contributed by atoms with van der Waals surface area (Å²) in [4.78, 5) is 0. The summed E-state index contributed by atoms with van der Waals surface area (Å²) in [6.45, 7) is 2.08. The molecule has 0 atom stereocenters. The fraction of sp³-hybridized carbons (Fsp3) is 0.600. The number of hydrogen-bond donors (Lipinski definition) is 0. The summed E-state index contributed by atoms with van der Waals surface area (Å²) < 4.78 is 33.3. The Morgan fingerprint density at radius 3 is 2.30 bits per heavy atom. The zero-order valence-corrected chi connectivity index (χ0v) is 13.1. The number of aryl methyl sites for hydroxylation is 1. The smallest absolute Gasteiger partial charge is 0.264 e. The van der Waals surface area contributed by atoms with Crippen molar-refractivity contribution < 1.29 is 17.3 Å². The van der Waals surface area contributed by atoms with Crippen LogP contribution in [0.4, 0.5) is 0 Å².